The van der Waals surface area contributed by atoms with Gasteiger partial charge in [0.25, 0.3) is 5.56 Å². The standard InChI is InChI=1S/C21H22FN5O2/c1-13-21(29)25-20-18(24-13)6-5-17(19(20)22)14(2)26-7-9-27(10-8-26)16-4-3-15(12-28)23-11-16/h3-6,11-12,14H,7-10H2,1-2H3,(H,25,29). The molecule has 1 atom stereocenters. The summed E-state index contributed by atoms with van der Waals surface area (Å²) in [6.07, 6.45) is 2.43. The number of fused-ring (bicyclic) bond motifs is 1. The molecule has 4 rings (SSSR count). The number of nitrogens with one attached hydrogen (secondary N) is 1. The van der Waals surface area contributed by atoms with Crippen LogP contribution in [0.25, 0.3) is 11.0 Å². The van der Waals surface area contributed by atoms with Crippen molar-refractivity contribution in [1.82, 2.24) is 19.9 Å². The van der Waals surface area contributed by atoms with Gasteiger partial charge in [-0.05, 0) is 32.0 Å². The average Bonchev–Trinajstić information content (AvgIpc) is 2.75. The topological polar surface area (TPSA) is 82.2 Å². The summed E-state index contributed by atoms with van der Waals surface area (Å²) in [5, 5.41) is 0. The van der Waals surface area contributed by atoms with Crippen LogP contribution < -0.4 is 10.5 Å². The molecule has 3 aromatic rings. The number of pyridine rings is 1. The second-order valence-electron chi connectivity index (χ2n) is 7.27. The molecule has 1 unspecified atom stereocenters. The van der Waals surface area contributed by atoms with Gasteiger partial charge in [-0.3, -0.25) is 19.5 Å². The first-order chi connectivity index (χ1) is 14.0. The van der Waals surface area contributed by atoms with Crippen molar-refractivity contribution in [2.45, 2.75) is 19.9 Å². The molecule has 3 heterocycles. The van der Waals surface area contributed by atoms with Crippen molar-refractivity contribution in [3.8, 4) is 0 Å². The molecule has 1 N–H and O–H groups in total. The van der Waals surface area contributed by atoms with Crippen LogP contribution >= 0.6 is 0 Å². The summed E-state index contributed by atoms with van der Waals surface area (Å²) in [6.45, 7) is 6.65. The van der Waals surface area contributed by atoms with Gasteiger partial charge in [-0.15, -0.1) is 0 Å². The molecule has 1 aliphatic rings. The number of aromatic amines is 1. The Labute approximate surface area is 167 Å². The van der Waals surface area contributed by atoms with E-state index in [0.717, 1.165) is 38.2 Å². The molecule has 0 aliphatic carbocycles. The number of hydrogen-bond donors (Lipinski definition) is 1. The lowest BCUT2D eigenvalue weighted by atomic mass is 10.0. The largest absolute Gasteiger partial charge is 0.368 e. The predicted molar refractivity (Wildman–Crippen MR) is 109 cm³/mol. The Morgan fingerprint density at radius 2 is 1.93 bits per heavy atom. The number of piperazine rings is 1. The van der Waals surface area contributed by atoms with Crippen LogP contribution in [0.4, 0.5) is 10.1 Å². The Kier molecular flexibility index (Phi) is 5.10. The third-order valence-electron chi connectivity index (χ3n) is 5.57. The number of carbonyl (C=O) groups excluding carboxylic acids is 1. The van der Waals surface area contributed by atoms with Crippen molar-refractivity contribution in [3.63, 3.8) is 0 Å². The molecule has 29 heavy (non-hydrogen) atoms. The lowest BCUT2D eigenvalue weighted by Gasteiger charge is -2.39. The molecular formula is C21H22FN5O2. The molecule has 8 heteroatoms. The van der Waals surface area contributed by atoms with Gasteiger partial charge in [-0.25, -0.2) is 9.37 Å². The first kappa shape index (κ1) is 19.2. The minimum atomic E-state index is -0.421. The van der Waals surface area contributed by atoms with Gasteiger partial charge in [0.1, 0.15) is 16.9 Å². The van der Waals surface area contributed by atoms with Crippen molar-refractivity contribution in [1.29, 1.82) is 0 Å². The molecule has 7 nitrogen and oxygen atoms in total. The molecule has 1 aromatic carbocycles. The number of nitrogens with zero attached hydrogens (tertiary/aromatic N) is 4. The Morgan fingerprint density at radius 3 is 2.59 bits per heavy atom. The van der Waals surface area contributed by atoms with Crippen LogP contribution in [-0.4, -0.2) is 52.3 Å². The van der Waals surface area contributed by atoms with E-state index in [1.165, 1.54) is 0 Å². The summed E-state index contributed by atoms with van der Waals surface area (Å²) in [5.41, 5.74) is 2.49. The zero-order valence-electron chi connectivity index (χ0n) is 16.4. The van der Waals surface area contributed by atoms with Crippen molar-refractivity contribution < 1.29 is 9.18 Å². The van der Waals surface area contributed by atoms with E-state index >= 15 is 4.39 Å². The highest BCUT2D eigenvalue weighted by Crippen LogP contribution is 2.28. The number of carbonyl (C=O) groups is 1. The summed E-state index contributed by atoms with van der Waals surface area (Å²) in [7, 11) is 0. The molecule has 0 saturated carbocycles. The number of rotatable bonds is 4. The highest BCUT2D eigenvalue weighted by molar-refractivity contribution is 5.76. The lowest BCUT2D eigenvalue weighted by molar-refractivity contribution is 0.111. The zero-order chi connectivity index (χ0) is 20.5. The average molecular weight is 395 g/mol. The third-order valence-corrected chi connectivity index (χ3v) is 5.57. The maximum Gasteiger partial charge on any atom is 0.269 e. The molecule has 0 radical (unpaired) electrons. The van der Waals surface area contributed by atoms with E-state index in [0.29, 0.717) is 22.5 Å². The first-order valence-corrected chi connectivity index (χ1v) is 9.57. The van der Waals surface area contributed by atoms with Crippen molar-refractivity contribution >= 4 is 23.0 Å². The Balaban J connectivity index is 1.51. The van der Waals surface area contributed by atoms with Crippen LogP contribution in [0.1, 0.15) is 34.7 Å². The second kappa shape index (κ2) is 7.71. The van der Waals surface area contributed by atoms with Crippen LogP contribution in [0.2, 0.25) is 0 Å². The molecule has 0 amide bonds. The molecule has 0 spiro atoms. The van der Waals surface area contributed by atoms with E-state index in [1.807, 2.05) is 13.0 Å². The van der Waals surface area contributed by atoms with Crippen LogP contribution in [0.3, 0.4) is 0 Å². The lowest BCUT2D eigenvalue weighted by Crippen LogP contribution is -2.47. The third kappa shape index (κ3) is 3.63. The molecule has 1 fully saturated rings. The maximum atomic E-state index is 15.1. The number of benzene rings is 1. The molecule has 150 valence electrons. The van der Waals surface area contributed by atoms with Gasteiger partial charge in [-0.1, -0.05) is 6.07 Å². The van der Waals surface area contributed by atoms with E-state index < -0.39 is 5.82 Å². The highest BCUT2D eigenvalue weighted by atomic mass is 19.1. The van der Waals surface area contributed by atoms with Gasteiger partial charge in [-0.2, -0.15) is 0 Å². The van der Waals surface area contributed by atoms with E-state index in [1.54, 1.807) is 31.3 Å². The number of aldehydes is 1. The smallest absolute Gasteiger partial charge is 0.269 e. The Hall–Kier alpha value is -3.13. The maximum absolute atomic E-state index is 15.1. The molecule has 2 aromatic heterocycles. The van der Waals surface area contributed by atoms with Gasteiger partial charge in [0.05, 0.1) is 17.4 Å². The monoisotopic (exact) mass is 395 g/mol. The summed E-state index contributed by atoms with van der Waals surface area (Å²) in [5.74, 6) is -0.421. The number of H-pyrrole nitrogens is 1. The minimum Gasteiger partial charge on any atom is -0.368 e. The van der Waals surface area contributed by atoms with Gasteiger partial charge in [0.15, 0.2) is 12.1 Å². The predicted octanol–water partition coefficient (Wildman–Crippen LogP) is 2.46. The number of hydrogen-bond acceptors (Lipinski definition) is 6. The van der Waals surface area contributed by atoms with Gasteiger partial charge in [0, 0.05) is 37.8 Å². The SMILES string of the molecule is Cc1nc2ccc(C(C)N3CCN(c4ccc(C=O)nc4)CC3)c(F)c2[nH]c1=O. The quantitative estimate of drug-likeness (QED) is 0.684. The van der Waals surface area contributed by atoms with E-state index in [4.69, 9.17) is 0 Å². The minimum absolute atomic E-state index is 0.137. The van der Waals surface area contributed by atoms with Crippen LogP contribution in [0.5, 0.6) is 0 Å². The van der Waals surface area contributed by atoms with Crippen molar-refractivity contribution in [2.75, 3.05) is 31.1 Å². The van der Waals surface area contributed by atoms with Crippen LogP contribution in [-0.2, 0) is 0 Å². The number of halogens is 1. The second-order valence-corrected chi connectivity index (χ2v) is 7.27. The summed E-state index contributed by atoms with van der Waals surface area (Å²) in [6, 6.07) is 6.97. The van der Waals surface area contributed by atoms with E-state index in [9.17, 15) is 9.59 Å². The zero-order valence-corrected chi connectivity index (χ0v) is 16.4. The Morgan fingerprint density at radius 1 is 1.17 bits per heavy atom. The molecule has 1 saturated heterocycles. The summed E-state index contributed by atoms with van der Waals surface area (Å²) < 4.78 is 15.1. The summed E-state index contributed by atoms with van der Waals surface area (Å²) in [4.78, 5) is 37.9. The van der Waals surface area contributed by atoms with Crippen molar-refractivity contribution in [2.24, 2.45) is 0 Å². The molecular weight excluding hydrogens is 373 g/mol. The molecule has 0 bridgehead atoms. The fourth-order valence-corrected chi connectivity index (χ4v) is 3.77. The fraction of sp³-hybridized carbons (Fsp3) is 0.333. The van der Waals surface area contributed by atoms with Gasteiger partial charge in [0.2, 0.25) is 0 Å². The highest BCUT2D eigenvalue weighted by Gasteiger charge is 2.25. The first-order valence-electron chi connectivity index (χ1n) is 9.57. The molecule has 1 aliphatic heterocycles. The van der Waals surface area contributed by atoms with E-state index in [2.05, 4.69) is 24.8 Å². The number of aromatic nitrogens is 3. The number of anilines is 1. The Bertz CT molecular complexity index is 1100. The van der Waals surface area contributed by atoms with Crippen LogP contribution in [0.15, 0.2) is 35.3 Å². The number of aryl methyl sites for hydroxylation is 1. The fourth-order valence-electron chi connectivity index (χ4n) is 3.77. The van der Waals surface area contributed by atoms with Gasteiger partial charge < -0.3 is 9.88 Å². The summed E-state index contributed by atoms with van der Waals surface area (Å²) >= 11 is 0. The normalized spacial score (nSPS) is 16.2. The van der Waals surface area contributed by atoms with Crippen LogP contribution in [0, 0.1) is 12.7 Å². The van der Waals surface area contributed by atoms with Gasteiger partial charge >= 0.3 is 0 Å². The van der Waals surface area contributed by atoms with Crippen molar-refractivity contribution in [3.05, 3.63) is 63.6 Å². The van der Waals surface area contributed by atoms with E-state index in [-0.39, 0.29) is 17.1 Å².